The van der Waals surface area contributed by atoms with Crippen LogP contribution >= 0.6 is 0 Å². The van der Waals surface area contributed by atoms with Gasteiger partial charge in [-0.2, -0.15) is 4.31 Å². The van der Waals surface area contributed by atoms with Gasteiger partial charge < -0.3 is 10.1 Å². The monoisotopic (exact) mass is 389 g/mol. The van der Waals surface area contributed by atoms with Crippen molar-refractivity contribution in [1.82, 2.24) is 14.6 Å². The molecule has 1 saturated heterocycles. The van der Waals surface area contributed by atoms with Crippen LogP contribution in [0, 0.1) is 0 Å². The predicted molar refractivity (Wildman–Crippen MR) is 101 cm³/mol. The number of nitrogens with one attached hydrogen (secondary N) is 1. The SMILES string of the molecule is COc1ccc(S(=O)(=O)N2CCCCC2)cc1C(=O)NCc1ccncc1. The van der Waals surface area contributed by atoms with Crippen LogP contribution in [-0.4, -0.2) is 43.8 Å². The van der Waals surface area contributed by atoms with Crippen LogP contribution in [0.5, 0.6) is 5.75 Å². The maximum Gasteiger partial charge on any atom is 0.255 e. The molecule has 1 N–H and O–H groups in total. The fraction of sp³-hybridized carbons (Fsp3) is 0.368. The number of carbonyl (C=O) groups excluding carboxylic acids is 1. The van der Waals surface area contributed by atoms with E-state index in [0.717, 1.165) is 24.8 Å². The van der Waals surface area contributed by atoms with Crippen molar-refractivity contribution in [3.8, 4) is 5.75 Å². The quantitative estimate of drug-likeness (QED) is 0.818. The van der Waals surface area contributed by atoms with Crippen molar-refractivity contribution in [1.29, 1.82) is 0 Å². The zero-order valence-corrected chi connectivity index (χ0v) is 16.0. The molecule has 0 radical (unpaired) electrons. The van der Waals surface area contributed by atoms with E-state index in [9.17, 15) is 13.2 Å². The number of benzene rings is 1. The Kier molecular flexibility index (Phi) is 6.08. The van der Waals surface area contributed by atoms with E-state index < -0.39 is 10.0 Å². The summed E-state index contributed by atoms with van der Waals surface area (Å²) in [5, 5.41) is 2.79. The number of sulfonamides is 1. The third-order valence-electron chi connectivity index (χ3n) is 4.57. The largest absolute Gasteiger partial charge is 0.496 e. The highest BCUT2D eigenvalue weighted by Gasteiger charge is 2.27. The molecule has 1 fully saturated rings. The Morgan fingerprint density at radius 3 is 2.52 bits per heavy atom. The fourth-order valence-corrected chi connectivity index (χ4v) is 4.60. The number of piperidine rings is 1. The normalized spacial score (nSPS) is 15.3. The van der Waals surface area contributed by atoms with Crippen molar-refractivity contribution >= 4 is 15.9 Å². The molecule has 27 heavy (non-hydrogen) atoms. The highest BCUT2D eigenvalue weighted by Crippen LogP contribution is 2.26. The highest BCUT2D eigenvalue weighted by atomic mass is 32.2. The molecule has 144 valence electrons. The van der Waals surface area contributed by atoms with Gasteiger partial charge in [0.1, 0.15) is 5.75 Å². The summed E-state index contributed by atoms with van der Waals surface area (Å²) in [7, 11) is -2.17. The summed E-state index contributed by atoms with van der Waals surface area (Å²) in [5.41, 5.74) is 1.10. The van der Waals surface area contributed by atoms with Gasteiger partial charge in [0, 0.05) is 32.0 Å². The van der Waals surface area contributed by atoms with E-state index >= 15 is 0 Å². The van der Waals surface area contributed by atoms with E-state index in [1.165, 1.54) is 29.6 Å². The summed E-state index contributed by atoms with van der Waals surface area (Å²) < 4.78 is 32.5. The summed E-state index contributed by atoms with van der Waals surface area (Å²) >= 11 is 0. The van der Waals surface area contributed by atoms with Crippen LogP contribution in [0.25, 0.3) is 0 Å². The average molecular weight is 389 g/mol. The average Bonchev–Trinajstić information content (AvgIpc) is 2.73. The maximum atomic E-state index is 12.9. The lowest BCUT2D eigenvalue weighted by atomic mass is 10.2. The first kappa shape index (κ1) is 19.3. The number of hydrogen-bond donors (Lipinski definition) is 1. The molecule has 7 nitrogen and oxygen atoms in total. The minimum absolute atomic E-state index is 0.110. The smallest absolute Gasteiger partial charge is 0.255 e. The molecule has 1 aromatic heterocycles. The molecule has 1 amide bonds. The van der Waals surface area contributed by atoms with Gasteiger partial charge in [0.2, 0.25) is 10.0 Å². The van der Waals surface area contributed by atoms with Crippen LogP contribution < -0.4 is 10.1 Å². The van der Waals surface area contributed by atoms with Gasteiger partial charge in [-0.3, -0.25) is 9.78 Å². The molecular weight excluding hydrogens is 366 g/mol. The molecule has 3 rings (SSSR count). The van der Waals surface area contributed by atoms with Gasteiger partial charge in [-0.15, -0.1) is 0 Å². The molecule has 0 unspecified atom stereocenters. The Morgan fingerprint density at radius 1 is 1.15 bits per heavy atom. The fourth-order valence-electron chi connectivity index (χ4n) is 3.06. The Hall–Kier alpha value is -2.45. The van der Waals surface area contributed by atoms with Gasteiger partial charge in [-0.1, -0.05) is 6.42 Å². The van der Waals surface area contributed by atoms with E-state index in [0.29, 0.717) is 25.4 Å². The molecule has 1 aliphatic rings. The van der Waals surface area contributed by atoms with Crippen LogP contribution in [0.15, 0.2) is 47.6 Å². The summed E-state index contributed by atoms with van der Waals surface area (Å²) in [6.45, 7) is 1.34. The molecule has 0 aliphatic carbocycles. The van der Waals surface area contributed by atoms with E-state index in [4.69, 9.17) is 4.74 Å². The minimum atomic E-state index is -3.62. The molecule has 0 bridgehead atoms. The second-order valence-corrected chi connectivity index (χ2v) is 8.30. The second kappa shape index (κ2) is 8.49. The van der Waals surface area contributed by atoms with Crippen LogP contribution in [-0.2, 0) is 16.6 Å². The molecule has 0 spiro atoms. The molecular formula is C19H23N3O4S. The zero-order valence-electron chi connectivity index (χ0n) is 15.2. The Morgan fingerprint density at radius 2 is 1.85 bits per heavy atom. The van der Waals surface area contributed by atoms with Crippen molar-refractivity contribution in [3.05, 3.63) is 53.9 Å². The number of amides is 1. The van der Waals surface area contributed by atoms with Gasteiger partial charge in [0.25, 0.3) is 5.91 Å². The topological polar surface area (TPSA) is 88.6 Å². The lowest BCUT2D eigenvalue weighted by Crippen LogP contribution is -2.35. The minimum Gasteiger partial charge on any atom is -0.496 e. The van der Waals surface area contributed by atoms with E-state index in [-0.39, 0.29) is 16.4 Å². The number of methoxy groups -OCH3 is 1. The summed E-state index contributed by atoms with van der Waals surface area (Å²) in [4.78, 5) is 16.7. The van der Waals surface area contributed by atoms with Crippen molar-refractivity contribution in [3.63, 3.8) is 0 Å². The van der Waals surface area contributed by atoms with Crippen molar-refractivity contribution in [2.75, 3.05) is 20.2 Å². The van der Waals surface area contributed by atoms with Crippen LogP contribution in [0.1, 0.15) is 35.2 Å². The Labute approximate surface area is 159 Å². The molecule has 2 heterocycles. The Bertz CT molecular complexity index is 894. The van der Waals surface area contributed by atoms with Crippen molar-refractivity contribution in [2.45, 2.75) is 30.7 Å². The first-order valence-electron chi connectivity index (χ1n) is 8.87. The van der Waals surface area contributed by atoms with Gasteiger partial charge in [-0.05, 0) is 48.7 Å². The number of rotatable bonds is 6. The number of carbonyl (C=O) groups is 1. The zero-order chi connectivity index (χ0) is 19.3. The van der Waals surface area contributed by atoms with Gasteiger partial charge in [-0.25, -0.2) is 8.42 Å². The second-order valence-electron chi connectivity index (χ2n) is 6.36. The summed E-state index contributed by atoms with van der Waals surface area (Å²) in [5.74, 6) is -0.0563. The third kappa shape index (κ3) is 4.45. The van der Waals surface area contributed by atoms with E-state index in [2.05, 4.69) is 10.3 Å². The molecule has 1 aromatic carbocycles. The molecule has 1 aliphatic heterocycles. The first-order chi connectivity index (χ1) is 13.0. The van der Waals surface area contributed by atoms with Gasteiger partial charge in [0.15, 0.2) is 0 Å². The molecule has 0 atom stereocenters. The standard InChI is InChI=1S/C19H23N3O4S/c1-26-18-6-5-16(27(24,25)22-11-3-2-4-12-22)13-17(18)19(23)21-14-15-7-9-20-10-8-15/h5-10,13H,2-4,11-12,14H2,1H3,(H,21,23). The number of pyridine rings is 1. The number of aromatic nitrogens is 1. The third-order valence-corrected chi connectivity index (χ3v) is 6.47. The molecule has 0 saturated carbocycles. The van der Waals surface area contributed by atoms with Gasteiger partial charge >= 0.3 is 0 Å². The van der Waals surface area contributed by atoms with E-state index in [1.54, 1.807) is 24.5 Å². The number of hydrogen-bond acceptors (Lipinski definition) is 5. The van der Waals surface area contributed by atoms with Crippen LogP contribution in [0.4, 0.5) is 0 Å². The van der Waals surface area contributed by atoms with Crippen molar-refractivity contribution in [2.24, 2.45) is 0 Å². The summed E-state index contributed by atoms with van der Waals surface area (Å²) in [6, 6.07) is 8.01. The van der Waals surface area contributed by atoms with Crippen molar-refractivity contribution < 1.29 is 17.9 Å². The van der Waals surface area contributed by atoms with E-state index in [1.807, 2.05) is 0 Å². The number of ether oxygens (including phenoxy) is 1. The van der Waals surface area contributed by atoms with Gasteiger partial charge in [0.05, 0.1) is 17.6 Å². The lowest BCUT2D eigenvalue weighted by Gasteiger charge is -2.26. The highest BCUT2D eigenvalue weighted by molar-refractivity contribution is 7.89. The predicted octanol–water partition coefficient (Wildman–Crippen LogP) is 2.19. The first-order valence-corrected chi connectivity index (χ1v) is 10.3. The number of nitrogens with zero attached hydrogens (tertiary/aromatic N) is 2. The molecule has 8 heteroatoms. The van der Waals surface area contributed by atoms with Crippen LogP contribution in [0.2, 0.25) is 0 Å². The lowest BCUT2D eigenvalue weighted by molar-refractivity contribution is 0.0947. The maximum absolute atomic E-state index is 12.9. The molecule has 2 aromatic rings. The Balaban J connectivity index is 1.83. The van der Waals surface area contributed by atoms with Crippen LogP contribution in [0.3, 0.4) is 0 Å². The summed E-state index contributed by atoms with van der Waals surface area (Å²) in [6.07, 6.45) is 6.04.